The third-order valence-corrected chi connectivity index (χ3v) is 5.16. The summed E-state index contributed by atoms with van der Waals surface area (Å²) in [6.07, 6.45) is 0. The Morgan fingerprint density at radius 2 is 1.90 bits per heavy atom. The van der Waals surface area contributed by atoms with Crippen molar-refractivity contribution in [2.75, 3.05) is 5.32 Å². The molecule has 1 aromatic carbocycles. The average Bonchev–Trinajstić information content (AvgIpc) is 2.90. The maximum absolute atomic E-state index is 12.1. The van der Waals surface area contributed by atoms with Gasteiger partial charge in [-0.3, -0.25) is 10.1 Å². The lowest BCUT2D eigenvalue weighted by molar-refractivity contribution is -0.115. The number of thioether (sulfide) groups is 1. The Hall–Kier alpha value is -1.11. The quantitative estimate of drug-likeness (QED) is 0.817. The van der Waals surface area contributed by atoms with Crippen LogP contribution in [0.25, 0.3) is 0 Å². The van der Waals surface area contributed by atoms with Crippen LogP contribution in [-0.4, -0.2) is 21.4 Å². The van der Waals surface area contributed by atoms with Crippen LogP contribution in [0.3, 0.4) is 0 Å². The van der Waals surface area contributed by atoms with E-state index in [9.17, 15) is 4.79 Å². The first-order valence-electron chi connectivity index (χ1n) is 6.52. The second-order valence-corrected chi connectivity index (χ2v) is 7.66. The van der Waals surface area contributed by atoms with Gasteiger partial charge in [0.25, 0.3) is 0 Å². The van der Waals surface area contributed by atoms with Gasteiger partial charge < -0.3 is 0 Å². The Morgan fingerprint density at radius 1 is 1.24 bits per heavy atom. The van der Waals surface area contributed by atoms with Gasteiger partial charge in [0.05, 0.1) is 5.25 Å². The summed E-state index contributed by atoms with van der Waals surface area (Å²) in [5, 5.41) is 12.8. The minimum Gasteiger partial charge on any atom is -0.300 e. The fourth-order valence-electron chi connectivity index (χ4n) is 1.50. The van der Waals surface area contributed by atoms with Crippen molar-refractivity contribution < 1.29 is 4.79 Å². The van der Waals surface area contributed by atoms with Crippen LogP contribution in [0.5, 0.6) is 0 Å². The number of nitrogens with one attached hydrogen (secondary N) is 1. The molecule has 1 N–H and O–H groups in total. The van der Waals surface area contributed by atoms with Crippen molar-refractivity contribution in [3.8, 4) is 0 Å². The molecule has 112 valence electrons. The van der Waals surface area contributed by atoms with Crippen molar-refractivity contribution in [1.82, 2.24) is 10.2 Å². The van der Waals surface area contributed by atoms with Crippen LogP contribution in [0.15, 0.2) is 29.2 Å². The first-order chi connectivity index (χ1) is 9.95. The van der Waals surface area contributed by atoms with Gasteiger partial charge >= 0.3 is 0 Å². The van der Waals surface area contributed by atoms with Crippen molar-refractivity contribution in [2.24, 2.45) is 0 Å². The molecule has 0 saturated heterocycles. The van der Waals surface area contributed by atoms with E-state index in [2.05, 4.69) is 15.5 Å². The number of halogens is 1. The number of amides is 1. The van der Waals surface area contributed by atoms with Crippen molar-refractivity contribution in [1.29, 1.82) is 0 Å². The summed E-state index contributed by atoms with van der Waals surface area (Å²) in [5.41, 5.74) is 0. The van der Waals surface area contributed by atoms with Crippen LogP contribution in [-0.2, 0) is 4.79 Å². The lowest BCUT2D eigenvalue weighted by atomic mass is 10.2. The number of nitrogens with zero attached hydrogens (tertiary/aromatic N) is 2. The summed E-state index contributed by atoms with van der Waals surface area (Å²) in [4.78, 5) is 13.1. The molecule has 0 radical (unpaired) electrons. The minimum atomic E-state index is -0.224. The van der Waals surface area contributed by atoms with Gasteiger partial charge in [0.2, 0.25) is 11.0 Å². The highest BCUT2D eigenvalue weighted by atomic mass is 35.5. The Balaban J connectivity index is 1.94. The molecule has 0 aliphatic carbocycles. The van der Waals surface area contributed by atoms with E-state index < -0.39 is 0 Å². The number of hydrogen-bond acceptors (Lipinski definition) is 5. The monoisotopic (exact) mass is 341 g/mol. The molecule has 0 saturated carbocycles. The van der Waals surface area contributed by atoms with Crippen LogP contribution in [0.4, 0.5) is 5.13 Å². The summed E-state index contributed by atoms with van der Waals surface area (Å²) in [5.74, 6) is 0.232. The van der Waals surface area contributed by atoms with Crippen molar-refractivity contribution in [2.45, 2.75) is 36.8 Å². The summed E-state index contributed by atoms with van der Waals surface area (Å²) < 4.78 is 0. The minimum absolute atomic E-state index is 0.0820. The highest BCUT2D eigenvalue weighted by molar-refractivity contribution is 8.00. The van der Waals surface area contributed by atoms with Gasteiger partial charge in [-0.2, -0.15) is 0 Å². The second-order valence-electron chi connectivity index (χ2n) is 4.80. The lowest BCUT2D eigenvalue weighted by Gasteiger charge is -2.10. The van der Waals surface area contributed by atoms with E-state index in [0.717, 1.165) is 9.90 Å². The van der Waals surface area contributed by atoms with E-state index in [-0.39, 0.29) is 11.2 Å². The molecule has 0 unspecified atom stereocenters. The van der Waals surface area contributed by atoms with Gasteiger partial charge in [0.1, 0.15) is 5.01 Å². The molecule has 1 aromatic heterocycles. The van der Waals surface area contributed by atoms with Gasteiger partial charge in [-0.15, -0.1) is 22.0 Å². The summed E-state index contributed by atoms with van der Waals surface area (Å²) >= 11 is 8.74. The van der Waals surface area contributed by atoms with Crippen LogP contribution in [0.2, 0.25) is 5.02 Å². The number of hydrogen-bond donors (Lipinski definition) is 1. The highest BCUT2D eigenvalue weighted by Gasteiger charge is 2.17. The highest BCUT2D eigenvalue weighted by Crippen LogP contribution is 2.27. The molecule has 0 aliphatic heterocycles. The Morgan fingerprint density at radius 3 is 2.48 bits per heavy atom. The number of carbonyl (C=O) groups excluding carboxylic acids is 1. The molecule has 1 amide bonds. The van der Waals surface area contributed by atoms with Gasteiger partial charge in [0.15, 0.2) is 0 Å². The van der Waals surface area contributed by atoms with Gasteiger partial charge in [-0.25, -0.2) is 0 Å². The zero-order chi connectivity index (χ0) is 15.4. The molecule has 1 heterocycles. The Bertz CT molecular complexity index is 613. The van der Waals surface area contributed by atoms with Gasteiger partial charge in [0, 0.05) is 15.8 Å². The van der Waals surface area contributed by atoms with Gasteiger partial charge in [-0.05, 0) is 31.2 Å². The summed E-state index contributed by atoms with van der Waals surface area (Å²) in [6, 6.07) is 7.43. The number of anilines is 1. The van der Waals surface area contributed by atoms with Crippen molar-refractivity contribution >= 4 is 45.7 Å². The molecule has 2 rings (SSSR count). The predicted molar refractivity (Wildman–Crippen MR) is 89.4 cm³/mol. The SMILES string of the molecule is CC(C)c1nnc(NC(=O)[C@@H](C)Sc2ccc(Cl)cc2)s1. The van der Waals surface area contributed by atoms with E-state index >= 15 is 0 Å². The van der Waals surface area contributed by atoms with Crippen molar-refractivity contribution in [3.05, 3.63) is 34.3 Å². The average molecular weight is 342 g/mol. The molecule has 0 bridgehead atoms. The number of benzene rings is 1. The van der Waals surface area contributed by atoms with Crippen LogP contribution in [0.1, 0.15) is 31.7 Å². The van der Waals surface area contributed by atoms with Crippen LogP contribution >= 0.6 is 34.7 Å². The standard InChI is InChI=1S/C14H16ClN3OS2/c1-8(2)13-17-18-14(21-13)16-12(19)9(3)20-11-6-4-10(15)5-7-11/h4-9H,1-3H3,(H,16,18,19)/t9-/m1/s1. The summed E-state index contributed by atoms with van der Waals surface area (Å²) in [6.45, 7) is 5.95. The van der Waals surface area contributed by atoms with E-state index in [0.29, 0.717) is 16.1 Å². The number of carbonyl (C=O) groups is 1. The maximum Gasteiger partial charge on any atom is 0.239 e. The molecule has 2 aromatic rings. The molecular weight excluding hydrogens is 326 g/mol. The fraction of sp³-hybridized carbons (Fsp3) is 0.357. The molecule has 0 spiro atoms. The van der Waals surface area contributed by atoms with E-state index in [1.165, 1.54) is 23.1 Å². The number of aromatic nitrogens is 2. The Kier molecular flexibility index (Phi) is 5.61. The normalized spacial score (nSPS) is 12.4. The van der Waals surface area contributed by atoms with Gasteiger partial charge in [-0.1, -0.05) is 36.8 Å². The first kappa shape index (κ1) is 16.3. The number of rotatable bonds is 5. The first-order valence-corrected chi connectivity index (χ1v) is 8.59. The molecule has 1 atom stereocenters. The molecule has 7 heteroatoms. The van der Waals surface area contributed by atoms with Crippen molar-refractivity contribution in [3.63, 3.8) is 0 Å². The molecular formula is C14H16ClN3OS2. The molecule has 0 aliphatic rings. The maximum atomic E-state index is 12.1. The van der Waals surface area contributed by atoms with Crippen LogP contribution in [0, 0.1) is 0 Å². The largest absolute Gasteiger partial charge is 0.300 e. The van der Waals surface area contributed by atoms with Crippen LogP contribution < -0.4 is 5.32 Å². The van der Waals surface area contributed by atoms with E-state index in [4.69, 9.17) is 11.6 Å². The lowest BCUT2D eigenvalue weighted by Crippen LogP contribution is -2.22. The summed E-state index contributed by atoms with van der Waals surface area (Å²) in [7, 11) is 0. The smallest absolute Gasteiger partial charge is 0.239 e. The third kappa shape index (κ3) is 4.69. The topological polar surface area (TPSA) is 54.9 Å². The third-order valence-electron chi connectivity index (χ3n) is 2.66. The molecule has 0 fully saturated rings. The second kappa shape index (κ2) is 7.24. The van der Waals surface area contributed by atoms with E-state index in [1.54, 1.807) is 0 Å². The molecule has 21 heavy (non-hydrogen) atoms. The zero-order valence-corrected chi connectivity index (χ0v) is 14.4. The fourth-order valence-corrected chi connectivity index (χ4v) is 3.24. The molecule has 4 nitrogen and oxygen atoms in total. The zero-order valence-electron chi connectivity index (χ0n) is 12.0. The Labute approximate surface area is 137 Å². The predicted octanol–water partition coefficient (Wildman–Crippen LogP) is 4.43. The van der Waals surface area contributed by atoms with E-state index in [1.807, 2.05) is 45.0 Å².